The van der Waals surface area contributed by atoms with E-state index < -0.39 is 0 Å². The van der Waals surface area contributed by atoms with E-state index in [4.69, 9.17) is 5.73 Å². The van der Waals surface area contributed by atoms with Crippen LogP contribution in [0.15, 0.2) is 0 Å². The van der Waals surface area contributed by atoms with Crippen LogP contribution >= 0.6 is 0 Å². The third-order valence-corrected chi connectivity index (χ3v) is 3.08. The van der Waals surface area contributed by atoms with Gasteiger partial charge in [-0.15, -0.1) is 0 Å². The monoisotopic (exact) mass is 171 g/mol. The van der Waals surface area contributed by atoms with Gasteiger partial charge in [0.1, 0.15) is 0 Å². The first-order valence-corrected chi connectivity index (χ1v) is 4.99. The Kier molecular flexibility index (Phi) is 3.13. The fourth-order valence-corrected chi connectivity index (χ4v) is 2.49. The van der Waals surface area contributed by atoms with E-state index in [-0.39, 0.29) is 11.5 Å². The SMILES string of the molecule is CC(C)CC1(CN)CCCC1O. The number of hydrogen-bond acceptors (Lipinski definition) is 2. The molecule has 2 unspecified atom stereocenters. The van der Waals surface area contributed by atoms with Crippen LogP contribution < -0.4 is 5.73 Å². The van der Waals surface area contributed by atoms with Crippen LogP contribution in [0.5, 0.6) is 0 Å². The van der Waals surface area contributed by atoms with E-state index in [0.717, 1.165) is 25.7 Å². The number of aliphatic hydroxyl groups is 1. The Balaban J connectivity index is 2.61. The second kappa shape index (κ2) is 3.75. The summed E-state index contributed by atoms with van der Waals surface area (Å²) in [7, 11) is 0. The van der Waals surface area contributed by atoms with Crippen LogP contribution in [0, 0.1) is 11.3 Å². The molecule has 1 fully saturated rings. The van der Waals surface area contributed by atoms with Crippen molar-refractivity contribution >= 4 is 0 Å². The van der Waals surface area contributed by atoms with Gasteiger partial charge in [-0.3, -0.25) is 0 Å². The molecule has 2 nitrogen and oxygen atoms in total. The van der Waals surface area contributed by atoms with Crippen LogP contribution in [0.3, 0.4) is 0 Å². The summed E-state index contributed by atoms with van der Waals surface area (Å²) in [5.41, 5.74) is 5.80. The van der Waals surface area contributed by atoms with Crippen LogP contribution in [0.1, 0.15) is 39.5 Å². The molecule has 0 heterocycles. The van der Waals surface area contributed by atoms with Gasteiger partial charge in [-0.2, -0.15) is 0 Å². The average molecular weight is 171 g/mol. The molecule has 2 heteroatoms. The van der Waals surface area contributed by atoms with Gasteiger partial charge in [0.15, 0.2) is 0 Å². The third-order valence-electron chi connectivity index (χ3n) is 3.08. The number of nitrogens with two attached hydrogens (primary N) is 1. The lowest BCUT2D eigenvalue weighted by Gasteiger charge is -2.32. The number of aliphatic hydroxyl groups excluding tert-OH is 1. The minimum Gasteiger partial charge on any atom is -0.393 e. The third kappa shape index (κ3) is 1.80. The summed E-state index contributed by atoms with van der Waals surface area (Å²) in [5.74, 6) is 0.640. The highest BCUT2D eigenvalue weighted by atomic mass is 16.3. The molecule has 0 aliphatic heterocycles. The molecule has 1 saturated carbocycles. The van der Waals surface area contributed by atoms with Gasteiger partial charge in [-0.25, -0.2) is 0 Å². The molecule has 0 aromatic carbocycles. The van der Waals surface area contributed by atoms with E-state index in [2.05, 4.69) is 13.8 Å². The first kappa shape index (κ1) is 10.0. The summed E-state index contributed by atoms with van der Waals surface area (Å²) < 4.78 is 0. The van der Waals surface area contributed by atoms with Gasteiger partial charge in [0.2, 0.25) is 0 Å². The van der Waals surface area contributed by atoms with Gasteiger partial charge < -0.3 is 10.8 Å². The molecule has 2 atom stereocenters. The van der Waals surface area contributed by atoms with Gasteiger partial charge >= 0.3 is 0 Å². The van der Waals surface area contributed by atoms with Gasteiger partial charge in [0.25, 0.3) is 0 Å². The van der Waals surface area contributed by atoms with Crippen molar-refractivity contribution in [2.24, 2.45) is 17.1 Å². The largest absolute Gasteiger partial charge is 0.393 e. The van der Waals surface area contributed by atoms with Crippen molar-refractivity contribution in [3.63, 3.8) is 0 Å². The normalized spacial score (nSPS) is 36.2. The second-order valence-corrected chi connectivity index (χ2v) is 4.57. The van der Waals surface area contributed by atoms with Crippen LogP contribution in [0.4, 0.5) is 0 Å². The zero-order chi connectivity index (χ0) is 9.19. The maximum absolute atomic E-state index is 9.81. The van der Waals surface area contributed by atoms with Gasteiger partial charge in [0.05, 0.1) is 6.10 Å². The van der Waals surface area contributed by atoms with E-state index in [1.54, 1.807) is 0 Å². The predicted molar refractivity (Wildman–Crippen MR) is 50.8 cm³/mol. The standard InChI is InChI=1S/C10H21NO/c1-8(2)6-10(7-11)5-3-4-9(10)12/h8-9,12H,3-7,11H2,1-2H3. The van der Waals surface area contributed by atoms with Crippen molar-refractivity contribution < 1.29 is 5.11 Å². The Morgan fingerprint density at radius 1 is 1.58 bits per heavy atom. The maximum atomic E-state index is 9.81. The highest BCUT2D eigenvalue weighted by Gasteiger charge is 2.40. The molecule has 1 aliphatic carbocycles. The molecule has 72 valence electrons. The van der Waals surface area contributed by atoms with Crippen molar-refractivity contribution in [1.29, 1.82) is 0 Å². The molecule has 0 amide bonds. The summed E-state index contributed by atoms with van der Waals surface area (Å²) in [6.45, 7) is 5.04. The zero-order valence-corrected chi connectivity index (χ0v) is 8.21. The second-order valence-electron chi connectivity index (χ2n) is 4.57. The van der Waals surface area contributed by atoms with Crippen LogP contribution in [0.2, 0.25) is 0 Å². The predicted octanol–water partition coefficient (Wildman–Crippen LogP) is 1.52. The lowest BCUT2D eigenvalue weighted by Crippen LogP contribution is -2.38. The van der Waals surface area contributed by atoms with Crippen LogP contribution in [0.25, 0.3) is 0 Å². The lowest BCUT2D eigenvalue weighted by molar-refractivity contribution is 0.0427. The fraction of sp³-hybridized carbons (Fsp3) is 1.00. The van der Waals surface area contributed by atoms with Crippen LogP contribution in [-0.4, -0.2) is 17.8 Å². The molecular weight excluding hydrogens is 150 g/mol. The van der Waals surface area contributed by atoms with E-state index in [1.165, 1.54) is 0 Å². The van der Waals surface area contributed by atoms with E-state index in [9.17, 15) is 5.11 Å². The smallest absolute Gasteiger partial charge is 0.0608 e. The Morgan fingerprint density at radius 3 is 2.58 bits per heavy atom. The summed E-state index contributed by atoms with van der Waals surface area (Å²) in [6.07, 6.45) is 4.13. The first-order chi connectivity index (χ1) is 5.60. The number of hydrogen-bond donors (Lipinski definition) is 2. The Bertz CT molecular complexity index is 147. The molecule has 0 aromatic rings. The minimum atomic E-state index is -0.148. The summed E-state index contributed by atoms with van der Waals surface area (Å²) in [5, 5.41) is 9.81. The molecule has 12 heavy (non-hydrogen) atoms. The average Bonchev–Trinajstić information content (AvgIpc) is 2.32. The van der Waals surface area contributed by atoms with E-state index >= 15 is 0 Å². The van der Waals surface area contributed by atoms with Crippen molar-refractivity contribution in [3.8, 4) is 0 Å². The van der Waals surface area contributed by atoms with Gasteiger partial charge in [-0.1, -0.05) is 20.3 Å². The molecule has 3 N–H and O–H groups in total. The van der Waals surface area contributed by atoms with Crippen LogP contribution in [-0.2, 0) is 0 Å². The van der Waals surface area contributed by atoms with Gasteiger partial charge in [-0.05, 0) is 25.2 Å². The molecule has 1 aliphatic rings. The first-order valence-electron chi connectivity index (χ1n) is 4.99. The fourth-order valence-electron chi connectivity index (χ4n) is 2.49. The van der Waals surface area contributed by atoms with Crippen molar-refractivity contribution in [3.05, 3.63) is 0 Å². The van der Waals surface area contributed by atoms with E-state index in [0.29, 0.717) is 12.5 Å². The van der Waals surface area contributed by atoms with Crippen molar-refractivity contribution in [2.75, 3.05) is 6.54 Å². The van der Waals surface area contributed by atoms with E-state index in [1.807, 2.05) is 0 Å². The highest BCUT2D eigenvalue weighted by Crippen LogP contribution is 2.42. The summed E-state index contributed by atoms with van der Waals surface area (Å²) in [4.78, 5) is 0. The maximum Gasteiger partial charge on any atom is 0.0608 e. The van der Waals surface area contributed by atoms with Gasteiger partial charge in [0, 0.05) is 12.0 Å². The lowest BCUT2D eigenvalue weighted by atomic mass is 9.77. The molecule has 0 radical (unpaired) electrons. The Morgan fingerprint density at radius 2 is 2.25 bits per heavy atom. The highest BCUT2D eigenvalue weighted by molar-refractivity contribution is 4.93. The topological polar surface area (TPSA) is 46.2 Å². The van der Waals surface area contributed by atoms with Crippen molar-refractivity contribution in [1.82, 2.24) is 0 Å². The minimum absolute atomic E-state index is 0.0498. The molecule has 1 rings (SSSR count). The summed E-state index contributed by atoms with van der Waals surface area (Å²) >= 11 is 0. The quantitative estimate of drug-likeness (QED) is 0.676. The number of rotatable bonds is 3. The molecule has 0 saturated heterocycles. The zero-order valence-electron chi connectivity index (χ0n) is 8.21. The molecule has 0 bridgehead atoms. The molecule has 0 aromatic heterocycles. The summed E-state index contributed by atoms with van der Waals surface area (Å²) in [6, 6.07) is 0. The molecular formula is C10H21NO. The van der Waals surface area contributed by atoms with Crippen molar-refractivity contribution in [2.45, 2.75) is 45.6 Å². The Hall–Kier alpha value is -0.0800. The molecule has 0 spiro atoms. The Labute approximate surface area is 75.2 Å².